The number of rotatable bonds is 4. The minimum absolute atomic E-state index is 0.888. The molecular weight excluding hydrogens is 593 g/mol. The average molecular weight is 623 g/mol. The molecular formula is C48H30O. The Morgan fingerprint density at radius 1 is 0.265 bits per heavy atom. The van der Waals surface area contributed by atoms with Gasteiger partial charge in [-0.05, 0) is 101 Å². The summed E-state index contributed by atoms with van der Waals surface area (Å²) >= 11 is 0. The summed E-state index contributed by atoms with van der Waals surface area (Å²) in [6.45, 7) is 0. The summed E-state index contributed by atoms with van der Waals surface area (Å²) in [7, 11) is 0. The SMILES string of the molecule is c1ccc(-c2cccc(-c3c4ccccc4c(-c4ccc5c(c4)-c4cccc6c(-c7ccccc7)ccc(c46)O5)c4ccccc34)c2)cc1. The molecule has 0 aromatic heterocycles. The summed E-state index contributed by atoms with van der Waals surface area (Å²) in [5.41, 5.74) is 12.1. The van der Waals surface area contributed by atoms with Crippen LogP contribution < -0.4 is 4.74 Å². The Morgan fingerprint density at radius 2 is 0.776 bits per heavy atom. The molecule has 1 aliphatic heterocycles. The first kappa shape index (κ1) is 27.7. The Labute approximate surface area is 285 Å². The topological polar surface area (TPSA) is 9.23 Å². The Balaban J connectivity index is 1.20. The summed E-state index contributed by atoms with van der Waals surface area (Å²) in [5, 5.41) is 7.34. The van der Waals surface area contributed by atoms with Crippen molar-refractivity contribution >= 4 is 32.3 Å². The predicted octanol–water partition coefficient (Wildman–Crippen LogP) is 13.6. The van der Waals surface area contributed by atoms with E-state index in [9.17, 15) is 0 Å². The minimum Gasteiger partial charge on any atom is -0.456 e. The van der Waals surface area contributed by atoms with E-state index in [1.54, 1.807) is 0 Å². The van der Waals surface area contributed by atoms with Crippen LogP contribution in [0.3, 0.4) is 0 Å². The van der Waals surface area contributed by atoms with E-state index < -0.39 is 0 Å². The molecule has 1 heteroatoms. The summed E-state index contributed by atoms with van der Waals surface area (Å²) in [4.78, 5) is 0. The second-order valence-electron chi connectivity index (χ2n) is 12.8. The van der Waals surface area contributed by atoms with Crippen molar-refractivity contribution in [1.82, 2.24) is 0 Å². The third-order valence-electron chi connectivity index (χ3n) is 10.1. The molecule has 0 spiro atoms. The van der Waals surface area contributed by atoms with E-state index in [0.717, 1.165) is 22.4 Å². The van der Waals surface area contributed by atoms with Gasteiger partial charge >= 0.3 is 0 Å². The lowest BCUT2D eigenvalue weighted by Crippen LogP contribution is -1.99. The smallest absolute Gasteiger partial charge is 0.135 e. The van der Waals surface area contributed by atoms with Crippen LogP contribution in [0.5, 0.6) is 11.5 Å². The van der Waals surface area contributed by atoms with E-state index >= 15 is 0 Å². The molecule has 1 nitrogen and oxygen atoms in total. The molecule has 0 saturated carbocycles. The van der Waals surface area contributed by atoms with E-state index in [2.05, 4.69) is 182 Å². The van der Waals surface area contributed by atoms with Gasteiger partial charge in [-0.3, -0.25) is 0 Å². The van der Waals surface area contributed by atoms with E-state index in [1.165, 1.54) is 77.0 Å². The Hall–Kier alpha value is -6.44. The van der Waals surface area contributed by atoms with Gasteiger partial charge in [0.15, 0.2) is 0 Å². The van der Waals surface area contributed by atoms with Gasteiger partial charge in [-0.1, -0.05) is 158 Å². The zero-order valence-electron chi connectivity index (χ0n) is 26.7. The largest absolute Gasteiger partial charge is 0.456 e. The summed E-state index contributed by atoms with van der Waals surface area (Å²) < 4.78 is 6.63. The quantitative estimate of drug-likeness (QED) is 0.177. The highest BCUT2D eigenvalue weighted by Gasteiger charge is 2.24. The third-order valence-corrected chi connectivity index (χ3v) is 10.1. The van der Waals surface area contributed by atoms with E-state index in [1.807, 2.05) is 0 Å². The normalized spacial score (nSPS) is 11.8. The van der Waals surface area contributed by atoms with E-state index in [-0.39, 0.29) is 0 Å². The second kappa shape index (κ2) is 11.1. The summed E-state index contributed by atoms with van der Waals surface area (Å²) in [6, 6.07) is 65.6. The van der Waals surface area contributed by atoms with Gasteiger partial charge in [0.1, 0.15) is 11.5 Å². The first-order valence-electron chi connectivity index (χ1n) is 16.8. The molecule has 1 aliphatic rings. The fraction of sp³-hybridized carbons (Fsp3) is 0. The summed E-state index contributed by atoms with van der Waals surface area (Å²) in [5.74, 6) is 1.79. The third kappa shape index (κ3) is 4.40. The van der Waals surface area contributed by atoms with Crippen molar-refractivity contribution in [2.75, 3.05) is 0 Å². The highest BCUT2D eigenvalue weighted by Crippen LogP contribution is 2.51. The molecule has 9 aromatic carbocycles. The standard InChI is InChI=1S/C48H30O/c1-3-13-31(14-4-1)33-17-11-18-34(29-33)46-38-19-7-9-21-40(38)47(41-22-10-8-20-39(41)46)35-25-27-44-43(30-35)42-24-12-23-37-36(32-15-5-2-6-16-32)26-28-45(49-44)48(37)42/h1-30H. The molecule has 0 saturated heterocycles. The molecule has 10 rings (SSSR count). The lowest BCUT2D eigenvalue weighted by molar-refractivity contribution is 0.487. The van der Waals surface area contributed by atoms with Crippen LogP contribution >= 0.6 is 0 Å². The number of hydrogen-bond donors (Lipinski definition) is 0. The molecule has 0 atom stereocenters. The minimum atomic E-state index is 0.888. The maximum absolute atomic E-state index is 6.63. The highest BCUT2D eigenvalue weighted by atomic mass is 16.5. The zero-order valence-corrected chi connectivity index (χ0v) is 26.7. The maximum Gasteiger partial charge on any atom is 0.135 e. The van der Waals surface area contributed by atoms with Gasteiger partial charge in [0.05, 0.1) is 0 Å². The lowest BCUT2D eigenvalue weighted by atomic mass is 9.84. The molecule has 0 N–H and O–H groups in total. The van der Waals surface area contributed by atoms with Crippen molar-refractivity contribution < 1.29 is 4.74 Å². The molecule has 0 radical (unpaired) electrons. The van der Waals surface area contributed by atoms with Crippen molar-refractivity contribution in [1.29, 1.82) is 0 Å². The number of benzene rings is 9. The van der Waals surface area contributed by atoms with Crippen LogP contribution in [0.1, 0.15) is 0 Å². The Kier molecular flexibility index (Phi) is 6.25. The molecule has 1 heterocycles. The van der Waals surface area contributed by atoms with Crippen LogP contribution in [-0.2, 0) is 0 Å². The number of ether oxygens (including phenoxy) is 1. The lowest BCUT2D eigenvalue weighted by Gasteiger charge is -2.24. The number of fused-ring (bicyclic) bond motifs is 4. The van der Waals surface area contributed by atoms with Crippen molar-refractivity contribution in [2.45, 2.75) is 0 Å². The Morgan fingerprint density at radius 3 is 1.45 bits per heavy atom. The van der Waals surface area contributed by atoms with Crippen molar-refractivity contribution in [3.63, 3.8) is 0 Å². The van der Waals surface area contributed by atoms with Crippen LogP contribution in [-0.4, -0.2) is 0 Å². The molecule has 0 aliphatic carbocycles. The van der Waals surface area contributed by atoms with E-state index in [0.29, 0.717) is 0 Å². The van der Waals surface area contributed by atoms with Gasteiger partial charge in [0.25, 0.3) is 0 Å². The van der Waals surface area contributed by atoms with Gasteiger partial charge in [0.2, 0.25) is 0 Å². The van der Waals surface area contributed by atoms with Gasteiger partial charge in [-0.25, -0.2) is 0 Å². The summed E-state index contributed by atoms with van der Waals surface area (Å²) in [6.07, 6.45) is 0. The van der Waals surface area contributed by atoms with Crippen molar-refractivity contribution in [3.8, 4) is 67.1 Å². The fourth-order valence-electron chi connectivity index (χ4n) is 7.89. The predicted molar refractivity (Wildman–Crippen MR) is 206 cm³/mol. The van der Waals surface area contributed by atoms with Crippen molar-refractivity contribution in [2.24, 2.45) is 0 Å². The van der Waals surface area contributed by atoms with Crippen molar-refractivity contribution in [3.05, 3.63) is 182 Å². The van der Waals surface area contributed by atoms with Crippen LogP contribution in [0.25, 0.3) is 88.0 Å². The first-order chi connectivity index (χ1) is 24.3. The number of hydrogen-bond acceptors (Lipinski definition) is 1. The highest BCUT2D eigenvalue weighted by molar-refractivity contribution is 6.22. The molecule has 0 amide bonds. The Bertz CT molecular complexity index is 2670. The molecule has 228 valence electrons. The van der Waals surface area contributed by atoms with Crippen LogP contribution in [0.4, 0.5) is 0 Å². The zero-order chi connectivity index (χ0) is 32.3. The van der Waals surface area contributed by atoms with Gasteiger partial charge < -0.3 is 4.74 Å². The molecule has 0 fully saturated rings. The monoisotopic (exact) mass is 622 g/mol. The van der Waals surface area contributed by atoms with Gasteiger partial charge in [0, 0.05) is 10.9 Å². The molecule has 0 bridgehead atoms. The molecule has 0 unspecified atom stereocenters. The van der Waals surface area contributed by atoms with Crippen LogP contribution in [0.2, 0.25) is 0 Å². The fourth-order valence-corrected chi connectivity index (χ4v) is 7.89. The molecule has 49 heavy (non-hydrogen) atoms. The van der Waals surface area contributed by atoms with Crippen LogP contribution in [0, 0.1) is 0 Å². The first-order valence-corrected chi connectivity index (χ1v) is 16.8. The average Bonchev–Trinajstić information content (AvgIpc) is 3.18. The van der Waals surface area contributed by atoms with Crippen LogP contribution in [0.15, 0.2) is 182 Å². The molecule has 9 aromatic rings. The van der Waals surface area contributed by atoms with Gasteiger partial charge in [-0.2, -0.15) is 0 Å². The maximum atomic E-state index is 6.63. The van der Waals surface area contributed by atoms with Gasteiger partial charge in [-0.15, -0.1) is 0 Å². The van der Waals surface area contributed by atoms with E-state index in [4.69, 9.17) is 4.74 Å². The second-order valence-corrected chi connectivity index (χ2v) is 12.8.